The molecule has 0 saturated heterocycles. The van der Waals surface area contributed by atoms with Gasteiger partial charge in [-0.15, -0.1) is 11.3 Å². The summed E-state index contributed by atoms with van der Waals surface area (Å²) >= 11 is 1.70. The van der Waals surface area contributed by atoms with Crippen molar-refractivity contribution in [3.63, 3.8) is 0 Å². The lowest BCUT2D eigenvalue weighted by Crippen LogP contribution is -2.48. The Bertz CT molecular complexity index is 1310. The first kappa shape index (κ1) is 25.0. The number of nitrogens with zero attached hydrogens (tertiary/aromatic N) is 2. The van der Waals surface area contributed by atoms with Crippen LogP contribution in [0, 0.1) is 19.8 Å². The van der Waals surface area contributed by atoms with Crippen LogP contribution in [0.1, 0.15) is 40.5 Å². The highest BCUT2D eigenvalue weighted by Crippen LogP contribution is 2.35. The molecule has 0 radical (unpaired) electrons. The van der Waals surface area contributed by atoms with E-state index in [4.69, 9.17) is 4.74 Å². The maximum absolute atomic E-state index is 13.7. The van der Waals surface area contributed by atoms with Gasteiger partial charge in [0.1, 0.15) is 12.4 Å². The van der Waals surface area contributed by atoms with Crippen LogP contribution in [0.2, 0.25) is 0 Å². The van der Waals surface area contributed by atoms with Gasteiger partial charge < -0.3 is 9.64 Å². The Kier molecular flexibility index (Phi) is 7.19. The molecule has 36 heavy (non-hydrogen) atoms. The Balaban J connectivity index is 1.37. The monoisotopic (exact) mass is 524 g/mol. The molecule has 1 aliphatic heterocycles. The molecular formula is C28H32N2O4S2. The Morgan fingerprint density at radius 1 is 1.03 bits per heavy atom. The van der Waals surface area contributed by atoms with Crippen molar-refractivity contribution in [1.29, 1.82) is 0 Å². The van der Waals surface area contributed by atoms with E-state index in [1.54, 1.807) is 35.6 Å². The Morgan fingerprint density at radius 2 is 1.69 bits per heavy atom. The fourth-order valence-electron chi connectivity index (χ4n) is 4.62. The minimum absolute atomic E-state index is 0.160. The van der Waals surface area contributed by atoms with Gasteiger partial charge in [0.15, 0.2) is 0 Å². The Hall–Kier alpha value is -2.68. The number of carbonyl (C=O) groups excluding carboxylic acids is 1. The third kappa shape index (κ3) is 5.51. The van der Waals surface area contributed by atoms with Crippen LogP contribution >= 0.6 is 11.3 Å². The first-order chi connectivity index (χ1) is 17.3. The quantitative estimate of drug-likeness (QED) is 0.396. The summed E-state index contributed by atoms with van der Waals surface area (Å²) in [6, 6.07) is 16.5. The Labute approximate surface area is 217 Å². The van der Waals surface area contributed by atoms with Crippen LogP contribution in [0.3, 0.4) is 0 Å². The van der Waals surface area contributed by atoms with Gasteiger partial charge in [0.25, 0.3) is 0 Å². The van der Waals surface area contributed by atoms with Crippen LogP contribution in [0.25, 0.3) is 0 Å². The highest BCUT2D eigenvalue weighted by Gasteiger charge is 2.37. The number of carbonyl (C=O) groups is 1. The molecule has 3 aromatic rings. The van der Waals surface area contributed by atoms with Crippen molar-refractivity contribution in [1.82, 2.24) is 9.21 Å². The zero-order valence-electron chi connectivity index (χ0n) is 20.7. The molecule has 5 rings (SSSR count). The van der Waals surface area contributed by atoms with Crippen molar-refractivity contribution < 1.29 is 17.9 Å². The smallest absolute Gasteiger partial charge is 0.243 e. The first-order valence-corrected chi connectivity index (χ1v) is 14.8. The van der Waals surface area contributed by atoms with Gasteiger partial charge in [-0.2, -0.15) is 4.31 Å². The van der Waals surface area contributed by atoms with Crippen LogP contribution in [-0.2, 0) is 21.2 Å². The predicted molar refractivity (Wildman–Crippen MR) is 142 cm³/mol. The van der Waals surface area contributed by atoms with Gasteiger partial charge in [-0.3, -0.25) is 4.79 Å². The van der Waals surface area contributed by atoms with Gasteiger partial charge in [0, 0.05) is 18.0 Å². The summed E-state index contributed by atoms with van der Waals surface area (Å²) in [5.41, 5.74) is 3.25. The summed E-state index contributed by atoms with van der Waals surface area (Å²) in [4.78, 5) is 17.0. The third-order valence-corrected chi connectivity index (χ3v) is 9.80. The van der Waals surface area contributed by atoms with Crippen LogP contribution in [-0.4, -0.2) is 49.8 Å². The molecule has 1 aliphatic carbocycles. The average Bonchev–Trinajstić information content (AvgIpc) is 3.55. The number of fused-ring (bicyclic) bond motifs is 1. The number of aryl methyl sites for hydroxylation is 2. The molecule has 1 aromatic heterocycles. The summed E-state index contributed by atoms with van der Waals surface area (Å²) in [6.45, 7) is 5.05. The number of hydrogen-bond acceptors (Lipinski definition) is 5. The fraction of sp³-hybridized carbons (Fsp3) is 0.393. The summed E-state index contributed by atoms with van der Waals surface area (Å²) in [5, 5.41) is 2.05. The van der Waals surface area contributed by atoms with E-state index >= 15 is 0 Å². The number of amides is 1. The summed E-state index contributed by atoms with van der Waals surface area (Å²) in [7, 11) is -3.78. The first-order valence-electron chi connectivity index (χ1n) is 12.4. The number of rotatable bonds is 9. The molecule has 1 amide bonds. The minimum Gasteiger partial charge on any atom is -0.491 e. The van der Waals surface area contributed by atoms with Crippen molar-refractivity contribution in [3.8, 4) is 5.75 Å². The molecule has 1 atom stereocenters. The second-order valence-corrected chi connectivity index (χ2v) is 12.8. The van der Waals surface area contributed by atoms with Crippen LogP contribution in [0.5, 0.6) is 5.75 Å². The van der Waals surface area contributed by atoms with E-state index in [1.165, 1.54) is 9.18 Å². The standard InChI is InChI=1S/C28H32N2O4S2/c1-20-3-9-23(10-4-20)34-19-26-25-14-16-35-27(25)13-15-30(26)28(31)18-29(17-22-7-8-22)36(32,33)24-11-5-21(2)6-12-24/h3-6,9-12,14,16,22,26H,7-8,13,15,17-19H2,1-2H3. The van der Waals surface area contributed by atoms with E-state index in [2.05, 4.69) is 11.4 Å². The molecule has 1 saturated carbocycles. The molecular weight excluding hydrogens is 492 g/mol. The topological polar surface area (TPSA) is 66.9 Å². The number of benzene rings is 2. The lowest BCUT2D eigenvalue weighted by atomic mass is 10.0. The van der Waals surface area contributed by atoms with E-state index in [-0.39, 0.29) is 23.4 Å². The van der Waals surface area contributed by atoms with Gasteiger partial charge in [0.2, 0.25) is 15.9 Å². The predicted octanol–water partition coefficient (Wildman–Crippen LogP) is 4.97. The van der Waals surface area contributed by atoms with E-state index in [0.29, 0.717) is 25.6 Å². The third-order valence-electron chi connectivity index (χ3n) is 6.97. The molecule has 190 valence electrons. The zero-order valence-corrected chi connectivity index (χ0v) is 22.4. The normalized spacial score (nSPS) is 17.8. The molecule has 0 bridgehead atoms. The van der Waals surface area contributed by atoms with Crippen molar-refractivity contribution in [2.45, 2.75) is 44.0 Å². The maximum Gasteiger partial charge on any atom is 0.243 e. The molecule has 2 aliphatic rings. The lowest BCUT2D eigenvalue weighted by Gasteiger charge is -2.37. The van der Waals surface area contributed by atoms with E-state index < -0.39 is 10.0 Å². The maximum atomic E-state index is 13.7. The van der Waals surface area contributed by atoms with Crippen LogP contribution in [0.15, 0.2) is 64.9 Å². The second-order valence-electron chi connectivity index (χ2n) is 9.83. The van der Waals surface area contributed by atoms with E-state index in [1.807, 2.05) is 43.0 Å². The molecule has 8 heteroatoms. The molecule has 6 nitrogen and oxygen atoms in total. The summed E-state index contributed by atoms with van der Waals surface area (Å²) in [6.07, 6.45) is 2.78. The number of sulfonamides is 1. The highest BCUT2D eigenvalue weighted by atomic mass is 32.2. The molecule has 2 aromatic carbocycles. The highest BCUT2D eigenvalue weighted by molar-refractivity contribution is 7.89. The summed E-state index contributed by atoms with van der Waals surface area (Å²) < 4.78 is 34.6. The second kappa shape index (κ2) is 10.4. The number of thiophene rings is 1. The van der Waals surface area contributed by atoms with Crippen LogP contribution < -0.4 is 4.74 Å². The van der Waals surface area contributed by atoms with E-state index in [9.17, 15) is 13.2 Å². The molecule has 2 heterocycles. The molecule has 0 spiro atoms. The SMILES string of the molecule is Cc1ccc(OCC2c3ccsc3CCN2C(=O)CN(CC2CC2)S(=O)(=O)c2ccc(C)cc2)cc1. The van der Waals surface area contributed by atoms with Gasteiger partial charge in [-0.25, -0.2) is 8.42 Å². The summed E-state index contributed by atoms with van der Waals surface area (Å²) in [5.74, 6) is 0.900. The molecule has 1 unspecified atom stereocenters. The van der Waals surface area contributed by atoms with Crippen molar-refractivity contribution in [3.05, 3.63) is 81.5 Å². The van der Waals surface area contributed by atoms with Gasteiger partial charge in [-0.1, -0.05) is 35.4 Å². The molecule has 0 N–H and O–H groups in total. The van der Waals surface area contributed by atoms with E-state index in [0.717, 1.165) is 41.7 Å². The van der Waals surface area contributed by atoms with Crippen molar-refractivity contribution >= 4 is 27.3 Å². The van der Waals surface area contributed by atoms with Crippen molar-refractivity contribution in [2.75, 3.05) is 26.2 Å². The average molecular weight is 525 g/mol. The zero-order chi connectivity index (χ0) is 25.3. The Morgan fingerprint density at radius 3 is 2.36 bits per heavy atom. The van der Waals surface area contributed by atoms with Crippen molar-refractivity contribution in [2.24, 2.45) is 5.92 Å². The minimum atomic E-state index is -3.78. The largest absolute Gasteiger partial charge is 0.491 e. The number of hydrogen-bond donors (Lipinski definition) is 0. The van der Waals surface area contributed by atoms with Gasteiger partial charge in [0.05, 0.1) is 17.5 Å². The fourth-order valence-corrected chi connectivity index (χ4v) is 7.02. The van der Waals surface area contributed by atoms with Gasteiger partial charge >= 0.3 is 0 Å². The van der Waals surface area contributed by atoms with Gasteiger partial charge in [-0.05, 0) is 80.3 Å². The number of ether oxygens (including phenoxy) is 1. The molecule has 1 fully saturated rings. The lowest BCUT2D eigenvalue weighted by molar-refractivity contribution is -0.135. The van der Waals surface area contributed by atoms with Crippen LogP contribution in [0.4, 0.5) is 0 Å².